The number of hydrogen-bond acceptors (Lipinski definition) is 9. The molecule has 222 valence electrons. The fourth-order valence-electron chi connectivity index (χ4n) is 5.12. The topological polar surface area (TPSA) is 107 Å². The minimum absolute atomic E-state index is 0.0348. The highest BCUT2D eigenvalue weighted by Gasteiger charge is 2.26. The molecule has 11 nitrogen and oxygen atoms in total. The van der Waals surface area contributed by atoms with E-state index < -0.39 is 0 Å². The normalized spacial score (nSPS) is 14.4. The van der Waals surface area contributed by atoms with Crippen molar-refractivity contribution in [2.45, 2.75) is 26.2 Å². The lowest BCUT2D eigenvalue weighted by atomic mass is 10.1. The molecular weight excluding hydrogens is 538 g/mol. The van der Waals surface area contributed by atoms with Crippen LogP contribution in [-0.2, 0) is 4.79 Å². The van der Waals surface area contributed by atoms with Crippen molar-refractivity contribution >= 4 is 17.6 Å². The Kier molecular flexibility index (Phi) is 9.25. The number of fused-ring (bicyclic) bond motifs is 1. The van der Waals surface area contributed by atoms with E-state index in [4.69, 9.17) is 18.9 Å². The van der Waals surface area contributed by atoms with Crippen LogP contribution < -0.4 is 23.8 Å². The van der Waals surface area contributed by atoms with Crippen molar-refractivity contribution < 1.29 is 28.5 Å². The average Bonchev–Trinajstić information content (AvgIpc) is 3.37. The van der Waals surface area contributed by atoms with Gasteiger partial charge in [0.05, 0.1) is 19.9 Å². The van der Waals surface area contributed by atoms with Crippen LogP contribution in [0.2, 0.25) is 0 Å². The van der Waals surface area contributed by atoms with Crippen LogP contribution in [-0.4, -0.2) is 92.1 Å². The van der Waals surface area contributed by atoms with Gasteiger partial charge in [0.2, 0.25) is 12.7 Å². The fraction of sp³-hybridized carbons (Fsp3) is 0.419. The molecule has 3 heterocycles. The Labute approximate surface area is 245 Å². The molecule has 5 rings (SSSR count). The third-order valence-corrected chi connectivity index (χ3v) is 7.52. The van der Waals surface area contributed by atoms with E-state index in [-0.39, 0.29) is 25.2 Å². The zero-order valence-corrected chi connectivity index (χ0v) is 24.4. The Morgan fingerprint density at radius 1 is 0.905 bits per heavy atom. The number of amides is 2. The molecule has 0 radical (unpaired) electrons. The maximum atomic E-state index is 13.4. The first-order valence-electron chi connectivity index (χ1n) is 14.3. The van der Waals surface area contributed by atoms with Gasteiger partial charge in [-0.1, -0.05) is 13.3 Å². The van der Waals surface area contributed by atoms with Crippen LogP contribution in [0, 0.1) is 0 Å². The number of carbonyl (C=O) groups is 2. The molecule has 0 saturated carbocycles. The second kappa shape index (κ2) is 13.4. The van der Waals surface area contributed by atoms with Crippen LogP contribution >= 0.6 is 0 Å². The van der Waals surface area contributed by atoms with Crippen molar-refractivity contribution in [1.29, 1.82) is 0 Å². The van der Waals surface area contributed by atoms with Gasteiger partial charge in [0, 0.05) is 43.9 Å². The van der Waals surface area contributed by atoms with Crippen molar-refractivity contribution in [1.82, 2.24) is 20.0 Å². The van der Waals surface area contributed by atoms with Gasteiger partial charge in [0.1, 0.15) is 6.54 Å². The summed E-state index contributed by atoms with van der Waals surface area (Å²) in [7, 11) is 3.20. The number of ether oxygens (including phenoxy) is 4. The number of carbonyl (C=O) groups excluding carboxylic acids is 2. The number of anilines is 1. The molecule has 2 aliphatic heterocycles. The van der Waals surface area contributed by atoms with E-state index in [0.717, 1.165) is 42.9 Å². The van der Waals surface area contributed by atoms with Crippen LogP contribution in [0.1, 0.15) is 36.5 Å². The fourth-order valence-corrected chi connectivity index (χ4v) is 5.12. The van der Waals surface area contributed by atoms with E-state index in [9.17, 15) is 9.59 Å². The van der Waals surface area contributed by atoms with Crippen LogP contribution in [0.3, 0.4) is 0 Å². The van der Waals surface area contributed by atoms with E-state index in [0.29, 0.717) is 54.7 Å². The van der Waals surface area contributed by atoms with Crippen molar-refractivity contribution in [2.75, 3.05) is 65.2 Å². The second-order valence-corrected chi connectivity index (χ2v) is 10.2. The predicted molar refractivity (Wildman–Crippen MR) is 157 cm³/mol. The highest BCUT2D eigenvalue weighted by molar-refractivity contribution is 5.97. The summed E-state index contributed by atoms with van der Waals surface area (Å²) >= 11 is 0. The Morgan fingerprint density at radius 2 is 1.74 bits per heavy atom. The first-order valence-corrected chi connectivity index (χ1v) is 14.3. The molecule has 0 spiro atoms. The lowest BCUT2D eigenvalue weighted by molar-refractivity contribution is -0.131. The van der Waals surface area contributed by atoms with Crippen molar-refractivity contribution in [3.8, 4) is 34.3 Å². The highest BCUT2D eigenvalue weighted by atomic mass is 16.7. The van der Waals surface area contributed by atoms with Gasteiger partial charge in [-0.3, -0.25) is 9.59 Å². The summed E-state index contributed by atoms with van der Waals surface area (Å²) in [5.41, 5.74) is 2.09. The molecule has 0 atom stereocenters. The lowest BCUT2D eigenvalue weighted by Gasteiger charge is -2.27. The first-order chi connectivity index (χ1) is 20.5. The zero-order valence-electron chi connectivity index (χ0n) is 24.4. The molecule has 2 amide bonds. The molecule has 0 bridgehead atoms. The summed E-state index contributed by atoms with van der Waals surface area (Å²) in [6.07, 6.45) is 2.52. The smallest absolute Gasteiger partial charge is 0.254 e. The summed E-state index contributed by atoms with van der Waals surface area (Å²) in [5.74, 6) is 2.97. The number of benzene rings is 2. The van der Waals surface area contributed by atoms with E-state index in [2.05, 4.69) is 22.0 Å². The summed E-state index contributed by atoms with van der Waals surface area (Å²) in [5, 5.41) is 8.93. The minimum Gasteiger partial charge on any atom is -0.493 e. The van der Waals surface area contributed by atoms with Crippen LogP contribution in [0.25, 0.3) is 11.3 Å². The maximum absolute atomic E-state index is 13.4. The van der Waals surface area contributed by atoms with Gasteiger partial charge in [0.25, 0.3) is 5.91 Å². The van der Waals surface area contributed by atoms with Crippen LogP contribution in [0.15, 0.2) is 48.5 Å². The standard InChI is InChI=1S/C31H37N5O6/c1-4-5-13-36(31(38)23-8-11-26-28(19-23)42-21-41-26)20-30(37)35-15-6-14-34(16-17-35)29-12-9-24(32-33-29)22-7-10-25(39-2)27(18-22)40-3/h7-12,18-19H,4-6,13-17,20-21H2,1-3H3. The Balaban J connectivity index is 1.21. The van der Waals surface area contributed by atoms with E-state index in [1.165, 1.54) is 0 Å². The van der Waals surface area contributed by atoms with Gasteiger partial charge in [0.15, 0.2) is 28.8 Å². The van der Waals surface area contributed by atoms with Gasteiger partial charge in [-0.25, -0.2) is 0 Å². The van der Waals surface area contributed by atoms with Gasteiger partial charge in [-0.05, 0) is 61.4 Å². The molecular formula is C31H37N5O6. The number of rotatable bonds is 10. The monoisotopic (exact) mass is 575 g/mol. The molecule has 42 heavy (non-hydrogen) atoms. The minimum atomic E-state index is -0.184. The van der Waals surface area contributed by atoms with Gasteiger partial charge in [-0.2, -0.15) is 0 Å². The molecule has 1 saturated heterocycles. The van der Waals surface area contributed by atoms with E-state index in [1.807, 2.05) is 35.2 Å². The van der Waals surface area contributed by atoms with E-state index >= 15 is 0 Å². The molecule has 1 aromatic heterocycles. The Bertz CT molecular complexity index is 1400. The SMILES string of the molecule is CCCCN(CC(=O)N1CCCN(c2ccc(-c3ccc(OC)c(OC)c3)nn2)CC1)C(=O)c1ccc2c(c1)OCO2. The zero-order chi connectivity index (χ0) is 29.5. The third-order valence-electron chi connectivity index (χ3n) is 7.52. The van der Waals surface area contributed by atoms with Gasteiger partial charge in [-0.15, -0.1) is 10.2 Å². The Morgan fingerprint density at radius 3 is 2.50 bits per heavy atom. The van der Waals surface area contributed by atoms with E-state index in [1.54, 1.807) is 37.3 Å². The Hall–Kier alpha value is -4.54. The number of aromatic nitrogens is 2. The number of unbranched alkanes of at least 4 members (excludes halogenated alkanes) is 1. The van der Waals surface area contributed by atoms with Gasteiger partial charge >= 0.3 is 0 Å². The highest BCUT2D eigenvalue weighted by Crippen LogP contribution is 2.33. The summed E-state index contributed by atoms with van der Waals surface area (Å²) in [6, 6.07) is 14.7. The molecule has 0 N–H and O–H groups in total. The lowest BCUT2D eigenvalue weighted by Crippen LogP contribution is -2.44. The molecule has 2 aromatic carbocycles. The molecule has 0 aliphatic carbocycles. The van der Waals surface area contributed by atoms with Crippen molar-refractivity contribution in [3.05, 3.63) is 54.1 Å². The number of nitrogens with zero attached hydrogens (tertiary/aromatic N) is 5. The predicted octanol–water partition coefficient (Wildman–Crippen LogP) is 3.87. The first kappa shape index (κ1) is 29.0. The summed E-state index contributed by atoms with van der Waals surface area (Å²) < 4.78 is 21.5. The number of hydrogen-bond donors (Lipinski definition) is 0. The molecule has 11 heteroatoms. The number of methoxy groups -OCH3 is 2. The van der Waals surface area contributed by atoms with Crippen LogP contribution in [0.5, 0.6) is 23.0 Å². The maximum Gasteiger partial charge on any atom is 0.254 e. The largest absolute Gasteiger partial charge is 0.493 e. The second-order valence-electron chi connectivity index (χ2n) is 10.2. The third kappa shape index (κ3) is 6.50. The quantitative estimate of drug-likeness (QED) is 0.356. The van der Waals surface area contributed by atoms with Crippen molar-refractivity contribution in [3.63, 3.8) is 0 Å². The van der Waals surface area contributed by atoms with Crippen LogP contribution in [0.4, 0.5) is 5.82 Å². The molecule has 1 fully saturated rings. The summed E-state index contributed by atoms with van der Waals surface area (Å²) in [4.78, 5) is 32.4. The van der Waals surface area contributed by atoms with Gasteiger partial charge < -0.3 is 33.6 Å². The summed E-state index contributed by atoms with van der Waals surface area (Å²) in [6.45, 7) is 5.29. The van der Waals surface area contributed by atoms with Crippen molar-refractivity contribution in [2.24, 2.45) is 0 Å². The molecule has 3 aromatic rings. The molecule has 0 unspecified atom stereocenters. The molecule has 2 aliphatic rings. The average molecular weight is 576 g/mol.